The van der Waals surface area contributed by atoms with Crippen LogP contribution in [0.4, 0.5) is 0 Å². The summed E-state index contributed by atoms with van der Waals surface area (Å²) in [6.07, 6.45) is 0. The van der Waals surface area contributed by atoms with E-state index in [-0.39, 0.29) is 0 Å². The lowest BCUT2D eigenvalue weighted by Gasteiger charge is -2.07. The molecule has 0 fully saturated rings. The van der Waals surface area contributed by atoms with Crippen LogP contribution in [-0.2, 0) is 0 Å². The number of hydrogen-bond donors (Lipinski definition) is 0. The largest absolute Gasteiger partial charge is 0.496 e. The summed E-state index contributed by atoms with van der Waals surface area (Å²) in [4.78, 5) is 0. The molecule has 2 rings (SSSR count). The number of ether oxygens (including phenoxy) is 1. The number of hydrogen-bond acceptors (Lipinski definition) is 2. The molecule has 0 saturated carbocycles. The van der Waals surface area contributed by atoms with Gasteiger partial charge in [-0.1, -0.05) is 18.2 Å². The molecule has 0 aliphatic heterocycles. The highest BCUT2D eigenvalue weighted by atomic mass is 16.5. The smallest absolute Gasteiger partial charge is 0.121 e. The van der Waals surface area contributed by atoms with E-state index in [0.29, 0.717) is 5.56 Å². The lowest BCUT2D eigenvalue weighted by Crippen LogP contribution is -1.88. The molecule has 0 aliphatic rings. The summed E-state index contributed by atoms with van der Waals surface area (Å²) in [6.45, 7) is 2.01. The fraction of sp³-hybridized carbons (Fsp3) is 0.133. The van der Waals surface area contributed by atoms with Crippen LogP contribution < -0.4 is 4.74 Å². The van der Waals surface area contributed by atoms with Crippen molar-refractivity contribution in [3.8, 4) is 22.9 Å². The number of aryl methyl sites for hydroxylation is 1. The molecule has 0 heterocycles. The Morgan fingerprint density at radius 2 is 1.82 bits per heavy atom. The van der Waals surface area contributed by atoms with Gasteiger partial charge < -0.3 is 4.74 Å². The highest BCUT2D eigenvalue weighted by Gasteiger charge is 2.02. The molecular weight excluding hydrogens is 210 g/mol. The van der Waals surface area contributed by atoms with E-state index < -0.39 is 0 Å². The van der Waals surface area contributed by atoms with Gasteiger partial charge >= 0.3 is 0 Å². The van der Waals surface area contributed by atoms with E-state index in [1.165, 1.54) is 0 Å². The van der Waals surface area contributed by atoms with Gasteiger partial charge in [-0.15, -0.1) is 0 Å². The Kier molecular flexibility index (Phi) is 3.11. The summed E-state index contributed by atoms with van der Waals surface area (Å²) in [5.74, 6) is 0.880. The predicted octanol–water partition coefficient (Wildman–Crippen LogP) is 3.54. The van der Waals surface area contributed by atoms with Crippen LogP contribution in [-0.4, -0.2) is 7.11 Å². The zero-order chi connectivity index (χ0) is 12.3. The number of nitrogens with zero attached hydrogens (tertiary/aromatic N) is 1. The first-order chi connectivity index (χ1) is 8.24. The maximum atomic E-state index is 8.88. The average molecular weight is 223 g/mol. The van der Waals surface area contributed by atoms with Crippen molar-refractivity contribution >= 4 is 0 Å². The number of nitriles is 1. The molecule has 0 radical (unpaired) electrons. The van der Waals surface area contributed by atoms with Crippen LogP contribution in [0.3, 0.4) is 0 Å². The second-order valence-electron chi connectivity index (χ2n) is 3.88. The van der Waals surface area contributed by atoms with Crippen LogP contribution in [0, 0.1) is 18.3 Å². The Balaban J connectivity index is 2.46. The molecule has 0 N–H and O–H groups in total. The quantitative estimate of drug-likeness (QED) is 0.780. The molecular formula is C15H13NO. The first-order valence-corrected chi connectivity index (χ1v) is 5.40. The van der Waals surface area contributed by atoms with Gasteiger partial charge in [0.05, 0.1) is 18.7 Å². The molecule has 84 valence electrons. The van der Waals surface area contributed by atoms with Crippen LogP contribution in [0.25, 0.3) is 11.1 Å². The Labute approximate surface area is 101 Å². The third-order valence-corrected chi connectivity index (χ3v) is 2.72. The summed E-state index contributed by atoms with van der Waals surface area (Å²) in [7, 11) is 1.66. The van der Waals surface area contributed by atoms with E-state index >= 15 is 0 Å². The van der Waals surface area contributed by atoms with Gasteiger partial charge in [-0.05, 0) is 47.9 Å². The van der Waals surface area contributed by atoms with Crippen molar-refractivity contribution in [3.63, 3.8) is 0 Å². The summed E-state index contributed by atoms with van der Waals surface area (Å²) in [5, 5.41) is 8.88. The van der Waals surface area contributed by atoms with Gasteiger partial charge in [0.1, 0.15) is 5.75 Å². The Morgan fingerprint density at radius 3 is 2.47 bits per heavy atom. The van der Waals surface area contributed by atoms with Gasteiger partial charge in [-0.25, -0.2) is 0 Å². The maximum Gasteiger partial charge on any atom is 0.121 e. The topological polar surface area (TPSA) is 33.0 Å². The van der Waals surface area contributed by atoms with E-state index in [1.807, 2.05) is 37.3 Å². The molecule has 2 heteroatoms. The van der Waals surface area contributed by atoms with Crippen LogP contribution in [0.15, 0.2) is 42.5 Å². The van der Waals surface area contributed by atoms with Gasteiger partial charge in [-0.2, -0.15) is 5.26 Å². The second-order valence-corrected chi connectivity index (χ2v) is 3.88. The second kappa shape index (κ2) is 4.71. The SMILES string of the molecule is COc1ccc(-c2cccc(C#N)c2)cc1C. The minimum atomic E-state index is 0.677. The van der Waals surface area contributed by atoms with Gasteiger partial charge in [-0.3, -0.25) is 0 Å². The minimum absolute atomic E-state index is 0.677. The van der Waals surface area contributed by atoms with Crippen LogP contribution in [0.1, 0.15) is 11.1 Å². The molecule has 0 aliphatic carbocycles. The van der Waals surface area contributed by atoms with Crippen molar-refractivity contribution in [2.75, 3.05) is 7.11 Å². The van der Waals surface area contributed by atoms with Crippen molar-refractivity contribution < 1.29 is 4.74 Å². The molecule has 0 unspecified atom stereocenters. The Morgan fingerprint density at radius 1 is 1.06 bits per heavy atom. The van der Waals surface area contributed by atoms with E-state index in [4.69, 9.17) is 10.00 Å². The Bertz CT molecular complexity index is 582. The van der Waals surface area contributed by atoms with Gasteiger partial charge in [0.2, 0.25) is 0 Å². The van der Waals surface area contributed by atoms with E-state index in [0.717, 1.165) is 22.4 Å². The highest BCUT2D eigenvalue weighted by molar-refractivity contribution is 5.67. The summed E-state index contributed by atoms with van der Waals surface area (Å²) in [5.41, 5.74) is 3.92. The molecule has 0 bridgehead atoms. The van der Waals surface area contributed by atoms with Crippen molar-refractivity contribution in [1.29, 1.82) is 5.26 Å². The number of benzene rings is 2. The molecule has 0 spiro atoms. The molecule has 0 amide bonds. The normalized spacial score (nSPS) is 9.71. The van der Waals surface area contributed by atoms with Crippen molar-refractivity contribution in [2.24, 2.45) is 0 Å². The Hall–Kier alpha value is -2.27. The summed E-state index contributed by atoms with van der Waals surface area (Å²) in [6, 6.07) is 15.8. The minimum Gasteiger partial charge on any atom is -0.496 e. The third kappa shape index (κ3) is 2.29. The van der Waals surface area contributed by atoms with Crippen LogP contribution in [0.5, 0.6) is 5.75 Å². The summed E-state index contributed by atoms with van der Waals surface area (Å²) < 4.78 is 5.23. The molecule has 2 aromatic carbocycles. The van der Waals surface area contributed by atoms with Crippen molar-refractivity contribution in [1.82, 2.24) is 0 Å². The van der Waals surface area contributed by atoms with Gasteiger partial charge in [0.15, 0.2) is 0 Å². The fourth-order valence-electron chi connectivity index (χ4n) is 1.83. The zero-order valence-electron chi connectivity index (χ0n) is 9.90. The molecule has 0 atom stereocenters. The first kappa shape index (κ1) is 11.2. The molecule has 2 aromatic rings. The van der Waals surface area contributed by atoms with E-state index in [9.17, 15) is 0 Å². The number of rotatable bonds is 2. The lowest BCUT2D eigenvalue weighted by molar-refractivity contribution is 0.412. The lowest BCUT2D eigenvalue weighted by atomic mass is 10.0. The number of methoxy groups -OCH3 is 1. The molecule has 17 heavy (non-hydrogen) atoms. The maximum absolute atomic E-state index is 8.88. The third-order valence-electron chi connectivity index (χ3n) is 2.72. The van der Waals surface area contributed by atoms with E-state index in [1.54, 1.807) is 13.2 Å². The van der Waals surface area contributed by atoms with Crippen molar-refractivity contribution in [2.45, 2.75) is 6.92 Å². The highest BCUT2D eigenvalue weighted by Crippen LogP contribution is 2.26. The zero-order valence-corrected chi connectivity index (χ0v) is 9.90. The standard InChI is InChI=1S/C15H13NO/c1-11-8-14(6-7-15(11)17-2)13-5-3-4-12(9-13)10-16/h3-9H,1-2H3. The van der Waals surface area contributed by atoms with Gasteiger partial charge in [0, 0.05) is 0 Å². The van der Waals surface area contributed by atoms with Gasteiger partial charge in [0.25, 0.3) is 0 Å². The fourth-order valence-corrected chi connectivity index (χ4v) is 1.83. The van der Waals surface area contributed by atoms with Crippen molar-refractivity contribution in [3.05, 3.63) is 53.6 Å². The molecule has 0 aromatic heterocycles. The van der Waals surface area contributed by atoms with Crippen LogP contribution in [0.2, 0.25) is 0 Å². The predicted molar refractivity (Wildman–Crippen MR) is 67.9 cm³/mol. The average Bonchev–Trinajstić information content (AvgIpc) is 2.38. The molecule has 2 nitrogen and oxygen atoms in total. The molecule has 0 saturated heterocycles. The van der Waals surface area contributed by atoms with E-state index in [2.05, 4.69) is 12.1 Å². The van der Waals surface area contributed by atoms with Crippen LogP contribution >= 0.6 is 0 Å². The first-order valence-electron chi connectivity index (χ1n) is 5.40. The monoisotopic (exact) mass is 223 g/mol. The summed E-state index contributed by atoms with van der Waals surface area (Å²) >= 11 is 0.